The molecule has 0 amide bonds. The SMILES string of the molecule is CCN1CCOC(CNc2cc(Br)cc(C(F)(F)F)c2)C1. The zero-order chi connectivity index (χ0) is 15.5. The van der Waals surface area contributed by atoms with Crippen LogP contribution in [-0.4, -0.2) is 43.8 Å². The van der Waals surface area contributed by atoms with Crippen LogP contribution < -0.4 is 5.32 Å². The Morgan fingerprint density at radius 3 is 2.81 bits per heavy atom. The zero-order valence-electron chi connectivity index (χ0n) is 11.7. The first-order valence-corrected chi connectivity index (χ1v) is 7.63. The van der Waals surface area contributed by atoms with E-state index in [9.17, 15) is 13.2 Å². The molecule has 0 aromatic heterocycles. The lowest BCUT2D eigenvalue weighted by Crippen LogP contribution is -2.45. The number of anilines is 1. The third kappa shape index (κ3) is 4.86. The predicted octanol–water partition coefficient (Wildman–Crippen LogP) is 3.60. The molecule has 0 spiro atoms. The van der Waals surface area contributed by atoms with Crippen LogP contribution in [-0.2, 0) is 10.9 Å². The lowest BCUT2D eigenvalue weighted by atomic mass is 10.2. The maximum atomic E-state index is 12.8. The molecule has 0 bridgehead atoms. The van der Waals surface area contributed by atoms with E-state index in [1.54, 1.807) is 6.07 Å². The Morgan fingerprint density at radius 2 is 2.14 bits per heavy atom. The Balaban J connectivity index is 1.98. The van der Waals surface area contributed by atoms with Crippen LogP contribution in [0.5, 0.6) is 0 Å². The number of ether oxygens (including phenoxy) is 1. The molecule has 1 atom stereocenters. The van der Waals surface area contributed by atoms with Gasteiger partial charge in [0.05, 0.1) is 18.3 Å². The first kappa shape index (κ1) is 16.6. The number of benzene rings is 1. The molecule has 1 saturated heterocycles. The Kier molecular flexibility index (Phi) is 5.51. The van der Waals surface area contributed by atoms with E-state index in [2.05, 4.69) is 33.1 Å². The Hall–Kier alpha value is -0.790. The molecule has 21 heavy (non-hydrogen) atoms. The number of alkyl halides is 3. The summed E-state index contributed by atoms with van der Waals surface area (Å²) in [6, 6.07) is 3.82. The molecular weight excluding hydrogens is 349 g/mol. The fourth-order valence-electron chi connectivity index (χ4n) is 2.28. The van der Waals surface area contributed by atoms with E-state index >= 15 is 0 Å². The van der Waals surface area contributed by atoms with Crippen molar-refractivity contribution in [2.75, 3.05) is 38.1 Å². The van der Waals surface area contributed by atoms with Gasteiger partial charge < -0.3 is 10.1 Å². The van der Waals surface area contributed by atoms with Crippen molar-refractivity contribution in [1.29, 1.82) is 0 Å². The van der Waals surface area contributed by atoms with Crippen molar-refractivity contribution < 1.29 is 17.9 Å². The molecule has 1 N–H and O–H groups in total. The third-order valence-electron chi connectivity index (χ3n) is 3.43. The van der Waals surface area contributed by atoms with Gasteiger partial charge in [-0.2, -0.15) is 13.2 Å². The number of hydrogen-bond acceptors (Lipinski definition) is 3. The largest absolute Gasteiger partial charge is 0.416 e. The number of nitrogens with zero attached hydrogens (tertiary/aromatic N) is 1. The quantitative estimate of drug-likeness (QED) is 0.880. The third-order valence-corrected chi connectivity index (χ3v) is 3.89. The first-order valence-electron chi connectivity index (χ1n) is 6.84. The average Bonchev–Trinajstić information content (AvgIpc) is 2.44. The highest BCUT2D eigenvalue weighted by molar-refractivity contribution is 9.10. The van der Waals surface area contributed by atoms with Gasteiger partial charge in [0.1, 0.15) is 0 Å². The Bertz CT molecular complexity index is 482. The summed E-state index contributed by atoms with van der Waals surface area (Å²) in [5.74, 6) is 0. The second kappa shape index (κ2) is 6.98. The first-order chi connectivity index (χ1) is 9.88. The molecule has 118 valence electrons. The van der Waals surface area contributed by atoms with Crippen LogP contribution in [0.3, 0.4) is 0 Å². The second-order valence-corrected chi connectivity index (χ2v) is 5.91. The topological polar surface area (TPSA) is 24.5 Å². The molecule has 1 aliphatic heterocycles. The summed E-state index contributed by atoms with van der Waals surface area (Å²) < 4.78 is 44.3. The van der Waals surface area contributed by atoms with E-state index in [-0.39, 0.29) is 6.10 Å². The van der Waals surface area contributed by atoms with Crippen molar-refractivity contribution in [3.8, 4) is 0 Å². The molecule has 1 aromatic rings. The minimum atomic E-state index is -4.35. The standard InChI is InChI=1S/C14H18BrF3N2O/c1-2-20-3-4-21-13(9-20)8-19-12-6-10(14(16,17)18)5-11(15)7-12/h5-7,13,19H,2-4,8-9H2,1H3. The summed E-state index contributed by atoms with van der Waals surface area (Å²) >= 11 is 3.11. The summed E-state index contributed by atoms with van der Waals surface area (Å²) in [4.78, 5) is 2.26. The molecule has 2 rings (SSSR count). The van der Waals surface area contributed by atoms with Crippen molar-refractivity contribution in [1.82, 2.24) is 4.90 Å². The van der Waals surface area contributed by atoms with E-state index in [4.69, 9.17) is 4.74 Å². The minimum Gasteiger partial charge on any atom is -0.382 e. The van der Waals surface area contributed by atoms with Gasteiger partial charge in [0.15, 0.2) is 0 Å². The molecule has 7 heteroatoms. The van der Waals surface area contributed by atoms with Crippen LogP contribution in [0.4, 0.5) is 18.9 Å². The van der Waals surface area contributed by atoms with E-state index in [1.165, 1.54) is 0 Å². The minimum absolute atomic E-state index is 0.00739. The van der Waals surface area contributed by atoms with Crippen LogP contribution in [0.2, 0.25) is 0 Å². The van der Waals surface area contributed by atoms with Crippen molar-refractivity contribution >= 4 is 21.6 Å². The van der Waals surface area contributed by atoms with Crippen LogP contribution in [0, 0.1) is 0 Å². The summed E-state index contributed by atoms with van der Waals surface area (Å²) in [7, 11) is 0. The van der Waals surface area contributed by atoms with Crippen LogP contribution in [0.15, 0.2) is 22.7 Å². The monoisotopic (exact) mass is 366 g/mol. The zero-order valence-corrected chi connectivity index (χ0v) is 13.3. The molecule has 0 saturated carbocycles. The molecule has 0 aliphatic carbocycles. The lowest BCUT2D eigenvalue weighted by Gasteiger charge is -2.32. The number of morpholine rings is 1. The number of likely N-dealkylation sites (N-methyl/N-ethyl adjacent to an activating group) is 1. The molecular formula is C14H18BrF3N2O. The maximum absolute atomic E-state index is 12.8. The van der Waals surface area contributed by atoms with Gasteiger partial charge in [-0.25, -0.2) is 0 Å². The normalized spacial score (nSPS) is 20.5. The van der Waals surface area contributed by atoms with Gasteiger partial charge in [0, 0.05) is 29.8 Å². The van der Waals surface area contributed by atoms with E-state index in [0.717, 1.165) is 31.8 Å². The van der Waals surface area contributed by atoms with E-state index < -0.39 is 11.7 Å². The van der Waals surface area contributed by atoms with Gasteiger partial charge in [0.25, 0.3) is 0 Å². The van der Waals surface area contributed by atoms with E-state index in [1.807, 2.05) is 0 Å². The van der Waals surface area contributed by atoms with Crippen molar-refractivity contribution in [3.63, 3.8) is 0 Å². The fourth-order valence-corrected chi connectivity index (χ4v) is 2.77. The van der Waals surface area contributed by atoms with Gasteiger partial charge >= 0.3 is 6.18 Å². The number of halogens is 4. The van der Waals surface area contributed by atoms with Gasteiger partial charge in [0.2, 0.25) is 0 Å². The highest BCUT2D eigenvalue weighted by Crippen LogP contribution is 2.33. The fraction of sp³-hybridized carbons (Fsp3) is 0.571. The van der Waals surface area contributed by atoms with Crippen LogP contribution in [0.1, 0.15) is 12.5 Å². The predicted molar refractivity (Wildman–Crippen MR) is 79.5 cm³/mol. The molecule has 1 aromatic carbocycles. The van der Waals surface area contributed by atoms with Crippen molar-refractivity contribution in [2.45, 2.75) is 19.2 Å². The molecule has 1 fully saturated rings. The lowest BCUT2D eigenvalue weighted by molar-refractivity contribution is -0.137. The van der Waals surface area contributed by atoms with Crippen LogP contribution in [0.25, 0.3) is 0 Å². The van der Waals surface area contributed by atoms with Crippen LogP contribution >= 0.6 is 15.9 Å². The van der Waals surface area contributed by atoms with Gasteiger partial charge in [-0.05, 0) is 24.7 Å². The van der Waals surface area contributed by atoms with Gasteiger partial charge in [-0.1, -0.05) is 22.9 Å². The summed E-state index contributed by atoms with van der Waals surface area (Å²) in [5, 5.41) is 3.03. The smallest absolute Gasteiger partial charge is 0.382 e. The second-order valence-electron chi connectivity index (χ2n) is 4.99. The molecule has 1 heterocycles. The van der Waals surface area contributed by atoms with Crippen molar-refractivity contribution in [3.05, 3.63) is 28.2 Å². The molecule has 1 unspecified atom stereocenters. The van der Waals surface area contributed by atoms with Crippen molar-refractivity contribution in [2.24, 2.45) is 0 Å². The summed E-state index contributed by atoms with van der Waals surface area (Å²) in [5.41, 5.74) is -0.229. The van der Waals surface area contributed by atoms with Gasteiger partial charge in [-0.15, -0.1) is 0 Å². The molecule has 1 aliphatic rings. The Labute approximate surface area is 130 Å². The number of rotatable bonds is 4. The summed E-state index contributed by atoms with van der Waals surface area (Å²) in [6.07, 6.45) is -4.35. The molecule has 3 nitrogen and oxygen atoms in total. The number of nitrogens with one attached hydrogen (secondary N) is 1. The summed E-state index contributed by atoms with van der Waals surface area (Å²) in [6.45, 7) is 5.89. The number of hydrogen-bond donors (Lipinski definition) is 1. The van der Waals surface area contributed by atoms with Gasteiger partial charge in [-0.3, -0.25) is 4.90 Å². The molecule has 0 radical (unpaired) electrons. The Morgan fingerprint density at radius 1 is 1.38 bits per heavy atom. The maximum Gasteiger partial charge on any atom is 0.416 e. The van der Waals surface area contributed by atoms with E-state index in [0.29, 0.717) is 23.3 Å². The average molecular weight is 367 g/mol. The highest BCUT2D eigenvalue weighted by atomic mass is 79.9. The highest BCUT2D eigenvalue weighted by Gasteiger charge is 2.31.